The average molecular weight is 279 g/mol. The third-order valence-corrected chi connectivity index (χ3v) is 3.70. The Morgan fingerprint density at radius 1 is 1.10 bits per heavy atom. The van der Waals surface area contributed by atoms with Crippen LogP contribution in [-0.2, 0) is 4.74 Å². The first-order valence-electron chi connectivity index (χ1n) is 6.74. The standard InChI is InChI=1S/C15H21NO4/c1-18-11-7-9-16(10-8-11)15(17)14-12(19-2)5-4-6-13(14)20-3/h4-6,11H,7-10H2,1-3H3. The van der Waals surface area contributed by atoms with Crippen molar-refractivity contribution in [3.8, 4) is 11.5 Å². The van der Waals surface area contributed by atoms with Gasteiger partial charge in [0.15, 0.2) is 0 Å². The molecule has 20 heavy (non-hydrogen) atoms. The predicted octanol–water partition coefficient (Wildman–Crippen LogP) is 1.95. The first-order chi connectivity index (χ1) is 9.71. The Morgan fingerprint density at radius 3 is 2.10 bits per heavy atom. The maximum atomic E-state index is 12.7. The van der Waals surface area contributed by atoms with Crippen molar-refractivity contribution in [2.75, 3.05) is 34.4 Å². The molecule has 5 heteroatoms. The number of amides is 1. The molecule has 1 amide bonds. The number of likely N-dealkylation sites (tertiary alicyclic amines) is 1. The van der Waals surface area contributed by atoms with Crippen LogP contribution < -0.4 is 9.47 Å². The van der Waals surface area contributed by atoms with Crippen LogP contribution in [0.3, 0.4) is 0 Å². The number of piperidine rings is 1. The lowest BCUT2D eigenvalue weighted by atomic mass is 10.1. The van der Waals surface area contributed by atoms with Crippen LogP contribution in [0.1, 0.15) is 23.2 Å². The van der Waals surface area contributed by atoms with Crippen LogP contribution >= 0.6 is 0 Å². The monoisotopic (exact) mass is 279 g/mol. The minimum Gasteiger partial charge on any atom is -0.496 e. The summed E-state index contributed by atoms with van der Waals surface area (Å²) in [5.74, 6) is 1.04. The maximum absolute atomic E-state index is 12.7. The van der Waals surface area contributed by atoms with Crippen molar-refractivity contribution in [3.63, 3.8) is 0 Å². The van der Waals surface area contributed by atoms with Gasteiger partial charge in [-0.25, -0.2) is 0 Å². The molecule has 5 nitrogen and oxygen atoms in total. The Labute approximate surface area is 119 Å². The van der Waals surface area contributed by atoms with E-state index >= 15 is 0 Å². The van der Waals surface area contributed by atoms with Gasteiger partial charge in [-0.3, -0.25) is 4.79 Å². The van der Waals surface area contributed by atoms with E-state index in [-0.39, 0.29) is 12.0 Å². The molecule has 1 aliphatic heterocycles. The molecule has 1 aromatic carbocycles. The third kappa shape index (κ3) is 2.88. The van der Waals surface area contributed by atoms with Crippen molar-refractivity contribution in [2.24, 2.45) is 0 Å². The van der Waals surface area contributed by atoms with Gasteiger partial charge in [-0.1, -0.05) is 6.07 Å². The van der Waals surface area contributed by atoms with E-state index < -0.39 is 0 Å². The normalized spacial score (nSPS) is 16.1. The molecule has 110 valence electrons. The van der Waals surface area contributed by atoms with Crippen molar-refractivity contribution in [3.05, 3.63) is 23.8 Å². The first-order valence-corrected chi connectivity index (χ1v) is 6.74. The van der Waals surface area contributed by atoms with Gasteiger partial charge in [-0.2, -0.15) is 0 Å². The summed E-state index contributed by atoms with van der Waals surface area (Å²) in [4.78, 5) is 14.5. The first kappa shape index (κ1) is 14.7. The van der Waals surface area contributed by atoms with E-state index in [4.69, 9.17) is 14.2 Å². The number of rotatable bonds is 4. The molecule has 0 unspecified atom stereocenters. The summed E-state index contributed by atoms with van der Waals surface area (Å²) in [7, 11) is 4.83. The third-order valence-electron chi connectivity index (χ3n) is 3.70. The second-order valence-corrected chi connectivity index (χ2v) is 4.76. The summed E-state index contributed by atoms with van der Waals surface area (Å²) in [6.45, 7) is 1.39. The number of benzene rings is 1. The number of hydrogen-bond donors (Lipinski definition) is 0. The highest BCUT2D eigenvalue weighted by atomic mass is 16.5. The summed E-state index contributed by atoms with van der Waals surface area (Å²) in [6.07, 6.45) is 1.97. The van der Waals surface area contributed by atoms with Crippen LogP contribution in [0.2, 0.25) is 0 Å². The highest BCUT2D eigenvalue weighted by Crippen LogP contribution is 2.30. The molecule has 0 spiro atoms. The maximum Gasteiger partial charge on any atom is 0.261 e. The van der Waals surface area contributed by atoms with Gasteiger partial charge in [0.05, 0.1) is 20.3 Å². The molecule has 0 atom stereocenters. The van der Waals surface area contributed by atoms with Gasteiger partial charge in [-0.15, -0.1) is 0 Å². The Morgan fingerprint density at radius 2 is 1.65 bits per heavy atom. The summed E-state index contributed by atoms with van der Waals surface area (Å²) < 4.78 is 15.9. The van der Waals surface area contributed by atoms with E-state index in [1.165, 1.54) is 0 Å². The lowest BCUT2D eigenvalue weighted by Gasteiger charge is -2.31. The number of carbonyl (C=O) groups excluding carboxylic acids is 1. The highest BCUT2D eigenvalue weighted by molar-refractivity contribution is 5.99. The van der Waals surface area contributed by atoms with Gasteiger partial charge in [0.2, 0.25) is 0 Å². The van der Waals surface area contributed by atoms with Gasteiger partial charge in [-0.05, 0) is 25.0 Å². The highest BCUT2D eigenvalue weighted by Gasteiger charge is 2.27. The van der Waals surface area contributed by atoms with Crippen LogP contribution in [0.25, 0.3) is 0 Å². The lowest BCUT2D eigenvalue weighted by molar-refractivity contribution is 0.0347. The zero-order valence-electron chi connectivity index (χ0n) is 12.2. The van der Waals surface area contributed by atoms with Gasteiger partial charge < -0.3 is 19.1 Å². The van der Waals surface area contributed by atoms with Crippen LogP contribution in [0.5, 0.6) is 11.5 Å². The quantitative estimate of drug-likeness (QED) is 0.845. The van der Waals surface area contributed by atoms with Gasteiger partial charge >= 0.3 is 0 Å². The van der Waals surface area contributed by atoms with Crippen LogP contribution in [0, 0.1) is 0 Å². The number of nitrogens with zero attached hydrogens (tertiary/aromatic N) is 1. The molecule has 1 aromatic rings. The van der Waals surface area contributed by atoms with Crippen LogP contribution in [0.15, 0.2) is 18.2 Å². The van der Waals surface area contributed by atoms with Crippen molar-refractivity contribution < 1.29 is 19.0 Å². The second kappa shape index (κ2) is 6.61. The predicted molar refractivity (Wildman–Crippen MR) is 75.5 cm³/mol. The van der Waals surface area contributed by atoms with E-state index in [1.54, 1.807) is 33.5 Å². The van der Waals surface area contributed by atoms with Crippen molar-refractivity contribution >= 4 is 5.91 Å². The van der Waals surface area contributed by atoms with E-state index in [2.05, 4.69) is 0 Å². The zero-order chi connectivity index (χ0) is 14.5. The smallest absolute Gasteiger partial charge is 0.261 e. The van der Waals surface area contributed by atoms with E-state index in [0.717, 1.165) is 12.8 Å². The van der Waals surface area contributed by atoms with E-state index in [9.17, 15) is 4.79 Å². The second-order valence-electron chi connectivity index (χ2n) is 4.76. The summed E-state index contributed by atoms with van der Waals surface area (Å²) in [5, 5.41) is 0. The molecule has 0 aromatic heterocycles. The molecule has 0 bridgehead atoms. The van der Waals surface area contributed by atoms with Gasteiger partial charge in [0.1, 0.15) is 17.1 Å². The molecule has 0 aliphatic carbocycles. The molecule has 1 aliphatic rings. The SMILES string of the molecule is COc1cccc(OC)c1C(=O)N1CCC(OC)CC1. The number of methoxy groups -OCH3 is 3. The van der Waals surface area contributed by atoms with Crippen molar-refractivity contribution in [2.45, 2.75) is 18.9 Å². The molecule has 2 rings (SSSR count). The largest absolute Gasteiger partial charge is 0.496 e. The Balaban J connectivity index is 2.21. The molecular formula is C15H21NO4. The molecule has 0 radical (unpaired) electrons. The fourth-order valence-electron chi connectivity index (χ4n) is 2.51. The lowest BCUT2D eigenvalue weighted by Crippen LogP contribution is -2.40. The zero-order valence-corrected chi connectivity index (χ0v) is 12.2. The molecule has 1 heterocycles. The fourth-order valence-corrected chi connectivity index (χ4v) is 2.51. The minimum atomic E-state index is -0.0474. The molecular weight excluding hydrogens is 258 g/mol. The molecule has 1 saturated heterocycles. The van der Waals surface area contributed by atoms with Crippen molar-refractivity contribution in [1.82, 2.24) is 4.90 Å². The average Bonchev–Trinajstić information content (AvgIpc) is 2.53. The van der Waals surface area contributed by atoms with E-state index in [1.807, 2.05) is 11.0 Å². The molecule has 0 N–H and O–H groups in total. The topological polar surface area (TPSA) is 48.0 Å². The number of hydrogen-bond acceptors (Lipinski definition) is 4. The van der Waals surface area contributed by atoms with Crippen LogP contribution in [-0.4, -0.2) is 51.3 Å². The summed E-state index contributed by atoms with van der Waals surface area (Å²) in [5.41, 5.74) is 0.494. The van der Waals surface area contributed by atoms with Crippen molar-refractivity contribution in [1.29, 1.82) is 0 Å². The molecule has 1 fully saturated rings. The van der Waals surface area contributed by atoms with Gasteiger partial charge in [0, 0.05) is 20.2 Å². The van der Waals surface area contributed by atoms with E-state index in [0.29, 0.717) is 30.2 Å². The number of ether oxygens (including phenoxy) is 3. The summed E-state index contributed by atoms with van der Waals surface area (Å²) >= 11 is 0. The fraction of sp³-hybridized carbons (Fsp3) is 0.533. The number of carbonyl (C=O) groups is 1. The Kier molecular flexibility index (Phi) is 4.84. The minimum absolute atomic E-state index is 0.0474. The summed E-state index contributed by atoms with van der Waals surface area (Å²) in [6, 6.07) is 5.36. The molecule has 0 saturated carbocycles. The van der Waals surface area contributed by atoms with Crippen LogP contribution in [0.4, 0.5) is 0 Å². The Hall–Kier alpha value is -1.75. The Bertz CT molecular complexity index is 445. The van der Waals surface area contributed by atoms with Gasteiger partial charge in [0.25, 0.3) is 5.91 Å².